The molecule has 5 nitrogen and oxygen atoms in total. The maximum Gasteiger partial charge on any atom is 0.222 e. The summed E-state index contributed by atoms with van der Waals surface area (Å²) in [5, 5.41) is 9.26. The van der Waals surface area contributed by atoms with Crippen LogP contribution in [0.15, 0.2) is 24.4 Å². The first kappa shape index (κ1) is 17.4. The van der Waals surface area contributed by atoms with Crippen molar-refractivity contribution in [2.24, 2.45) is 0 Å². The molecule has 0 saturated carbocycles. The fraction of sp³-hybridized carbons (Fsp3) is 0.400. The number of aryl methyl sites for hydroxylation is 2. The molecule has 3 rings (SSSR count). The van der Waals surface area contributed by atoms with Crippen LogP contribution < -0.4 is 4.74 Å². The predicted molar refractivity (Wildman–Crippen MR) is 100 cm³/mol. The molecule has 0 atom stereocenters. The third-order valence-corrected chi connectivity index (χ3v) is 4.49. The third-order valence-electron chi connectivity index (χ3n) is 4.49. The molecule has 3 heterocycles. The number of pyridine rings is 2. The molecular formula is C20H25N3O2. The van der Waals surface area contributed by atoms with Gasteiger partial charge in [-0.3, -0.25) is 0 Å². The lowest BCUT2D eigenvalue weighted by molar-refractivity contribution is 0.278. The molecular weight excluding hydrogens is 314 g/mol. The highest BCUT2D eigenvalue weighted by molar-refractivity contribution is 5.85. The largest absolute Gasteiger partial charge is 0.480 e. The number of rotatable bonds is 5. The van der Waals surface area contributed by atoms with Crippen molar-refractivity contribution in [2.75, 3.05) is 13.7 Å². The lowest BCUT2D eigenvalue weighted by Gasteiger charge is -2.13. The van der Waals surface area contributed by atoms with E-state index in [2.05, 4.69) is 24.9 Å². The minimum Gasteiger partial charge on any atom is -0.480 e. The third kappa shape index (κ3) is 3.12. The Morgan fingerprint density at radius 1 is 1.16 bits per heavy atom. The fourth-order valence-electron chi connectivity index (χ4n) is 3.15. The number of aliphatic hydroxyl groups excluding tert-OH is 1. The van der Waals surface area contributed by atoms with Crippen LogP contribution in [-0.4, -0.2) is 33.4 Å². The first-order valence-electron chi connectivity index (χ1n) is 8.59. The Labute approximate surface area is 148 Å². The molecule has 0 fully saturated rings. The molecule has 0 saturated heterocycles. The number of aromatic nitrogens is 3. The molecule has 0 unspecified atom stereocenters. The molecule has 3 aromatic rings. The molecule has 0 aliphatic carbocycles. The summed E-state index contributed by atoms with van der Waals surface area (Å²) in [4.78, 5) is 9.55. The van der Waals surface area contributed by atoms with Crippen molar-refractivity contribution >= 4 is 11.0 Å². The van der Waals surface area contributed by atoms with Gasteiger partial charge in [0.1, 0.15) is 0 Å². The van der Waals surface area contributed by atoms with Crippen molar-refractivity contribution in [1.82, 2.24) is 14.5 Å². The van der Waals surface area contributed by atoms with Crippen molar-refractivity contribution in [3.05, 3.63) is 41.2 Å². The lowest BCUT2D eigenvalue weighted by Crippen LogP contribution is -2.02. The number of aliphatic hydroxyl groups is 1. The maximum atomic E-state index is 9.26. The van der Waals surface area contributed by atoms with Gasteiger partial charge in [0.05, 0.1) is 36.0 Å². The van der Waals surface area contributed by atoms with E-state index in [0.29, 0.717) is 18.3 Å². The predicted octanol–water partition coefficient (Wildman–Crippen LogP) is 3.84. The number of fused-ring (bicyclic) bond motifs is 1. The molecule has 5 heteroatoms. The van der Waals surface area contributed by atoms with E-state index in [4.69, 9.17) is 9.72 Å². The molecule has 132 valence electrons. The molecule has 0 spiro atoms. The van der Waals surface area contributed by atoms with Crippen LogP contribution in [0.3, 0.4) is 0 Å². The van der Waals surface area contributed by atoms with Crippen LogP contribution in [0.5, 0.6) is 5.88 Å². The van der Waals surface area contributed by atoms with Gasteiger partial charge in [0.25, 0.3) is 0 Å². The molecule has 0 aliphatic heterocycles. The molecule has 3 aromatic heterocycles. The molecule has 0 aliphatic rings. The molecule has 25 heavy (non-hydrogen) atoms. The highest BCUT2D eigenvalue weighted by atomic mass is 16.5. The second kappa shape index (κ2) is 6.84. The Hall–Kier alpha value is -2.40. The van der Waals surface area contributed by atoms with Gasteiger partial charge in [0.15, 0.2) is 0 Å². The summed E-state index contributed by atoms with van der Waals surface area (Å²) < 4.78 is 7.59. The Kier molecular flexibility index (Phi) is 4.77. The van der Waals surface area contributed by atoms with Crippen LogP contribution in [-0.2, 0) is 6.54 Å². The molecule has 0 bridgehead atoms. The number of ether oxygens (including phenoxy) is 1. The topological polar surface area (TPSA) is 60.2 Å². The van der Waals surface area contributed by atoms with E-state index in [9.17, 15) is 5.11 Å². The van der Waals surface area contributed by atoms with Crippen molar-refractivity contribution in [2.45, 2.75) is 40.2 Å². The van der Waals surface area contributed by atoms with Crippen molar-refractivity contribution in [1.29, 1.82) is 0 Å². The molecule has 1 N–H and O–H groups in total. The summed E-state index contributed by atoms with van der Waals surface area (Å²) in [5.74, 6) is 0.947. The Morgan fingerprint density at radius 2 is 1.92 bits per heavy atom. The van der Waals surface area contributed by atoms with Gasteiger partial charge in [-0.2, -0.15) is 0 Å². The summed E-state index contributed by atoms with van der Waals surface area (Å²) in [5.41, 5.74) is 6.93. The average molecular weight is 339 g/mol. The van der Waals surface area contributed by atoms with Gasteiger partial charge >= 0.3 is 0 Å². The first-order chi connectivity index (χ1) is 12.0. The van der Waals surface area contributed by atoms with Gasteiger partial charge in [0.2, 0.25) is 5.88 Å². The van der Waals surface area contributed by atoms with Gasteiger partial charge in [0, 0.05) is 18.4 Å². The Morgan fingerprint density at radius 3 is 2.56 bits per heavy atom. The number of hydrogen-bond donors (Lipinski definition) is 1. The van der Waals surface area contributed by atoms with E-state index >= 15 is 0 Å². The van der Waals surface area contributed by atoms with Crippen LogP contribution >= 0.6 is 0 Å². The van der Waals surface area contributed by atoms with Crippen LogP contribution in [0.25, 0.3) is 22.3 Å². The van der Waals surface area contributed by atoms with Crippen molar-refractivity contribution < 1.29 is 9.84 Å². The monoisotopic (exact) mass is 339 g/mol. The van der Waals surface area contributed by atoms with E-state index in [0.717, 1.165) is 39.1 Å². The number of hydrogen-bond acceptors (Lipinski definition) is 4. The minimum absolute atomic E-state index is 0.110. The van der Waals surface area contributed by atoms with Gasteiger partial charge in [-0.05, 0) is 49.1 Å². The fourth-order valence-corrected chi connectivity index (χ4v) is 3.15. The molecule has 0 aromatic carbocycles. The zero-order chi connectivity index (χ0) is 18.1. The zero-order valence-electron chi connectivity index (χ0n) is 15.5. The van der Waals surface area contributed by atoms with Crippen LogP contribution in [0.1, 0.15) is 36.6 Å². The normalized spacial score (nSPS) is 11.5. The van der Waals surface area contributed by atoms with Crippen LogP contribution in [0, 0.1) is 13.8 Å². The van der Waals surface area contributed by atoms with E-state index in [1.54, 1.807) is 7.11 Å². The van der Waals surface area contributed by atoms with E-state index in [-0.39, 0.29) is 6.61 Å². The summed E-state index contributed by atoms with van der Waals surface area (Å²) in [6.45, 7) is 8.99. The smallest absolute Gasteiger partial charge is 0.222 e. The maximum absolute atomic E-state index is 9.26. The summed E-state index contributed by atoms with van der Waals surface area (Å²) in [6.07, 6.45) is 2.04. The van der Waals surface area contributed by atoms with Crippen molar-refractivity contribution in [3.8, 4) is 17.1 Å². The van der Waals surface area contributed by atoms with Gasteiger partial charge in [-0.25, -0.2) is 9.97 Å². The quantitative estimate of drug-likeness (QED) is 0.767. The van der Waals surface area contributed by atoms with Gasteiger partial charge in [-0.1, -0.05) is 13.8 Å². The second-order valence-electron chi connectivity index (χ2n) is 6.70. The number of nitrogens with zero attached hydrogens (tertiary/aromatic N) is 3. The second-order valence-corrected chi connectivity index (χ2v) is 6.70. The molecule has 0 amide bonds. The average Bonchev–Trinajstić information content (AvgIpc) is 2.89. The summed E-state index contributed by atoms with van der Waals surface area (Å²) in [6, 6.07) is 6.20. The highest BCUT2D eigenvalue weighted by Gasteiger charge is 2.17. The van der Waals surface area contributed by atoms with Crippen molar-refractivity contribution in [3.63, 3.8) is 0 Å². The van der Waals surface area contributed by atoms with Crippen LogP contribution in [0.4, 0.5) is 0 Å². The Balaban J connectivity index is 2.19. The lowest BCUT2D eigenvalue weighted by atomic mass is 10.0. The number of methoxy groups -OCH3 is 1. The van der Waals surface area contributed by atoms with E-state index in [1.165, 1.54) is 0 Å². The Bertz CT molecular complexity index is 913. The van der Waals surface area contributed by atoms with E-state index in [1.807, 2.05) is 36.7 Å². The standard InChI is InChI=1S/C20H25N3O2/c1-12(2)16-7-6-15(20(21-16)25-5)18-13(3)10-17-19(22-18)14(4)11-23(17)8-9-24/h6-7,10-12,24H,8-9H2,1-5H3. The van der Waals surface area contributed by atoms with Gasteiger partial charge < -0.3 is 14.4 Å². The summed E-state index contributed by atoms with van der Waals surface area (Å²) in [7, 11) is 1.65. The SMILES string of the molecule is COc1nc(C(C)C)ccc1-c1nc2c(C)cn(CCO)c2cc1C. The zero-order valence-corrected chi connectivity index (χ0v) is 15.5. The summed E-state index contributed by atoms with van der Waals surface area (Å²) >= 11 is 0. The molecule has 0 radical (unpaired) electrons. The first-order valence-corrected chi connectivity index (χ1v) is 8.59. The minimum atomic E-state index is 0.110. The van der Waals surface area contributed by atoms with E-state index < -0.39 is 0 Å². The van der Waals surface area contributed by atoms with Gasteiger partial charge in [-0.15, -0.1) is 0 Å². The van der Waals surface area contributed by atoms with Crippen LogP contribution in [0.2, 0.25) is 0 Å². The highest BCUT2D eigenvalue weighted by Crippen LogP contribution is 2.33.